The van der Waals surface area contributed by atoms with Gasteiger partial charge in [0.2, 0.25) is 0 Å². The number of nitrogens with one attached hydrogen (secondary N) is 1. The average Bonchev–Trinajstić information content (AvgIpc) is 2.41. The number of hydrogen-bond donors (Lipinski definition) is 2. The molecule has 0 atom stereocenters. The molecule has 0 bridgehead atoms. The van der Waals surface area contributed by atoms with Gasteiger partial charge >= 0.3 is 0 Å². The predicted octanol–water partition coefficient (Wildman–Crippen LogP) is 2.93. The van der Waals surface area contributed by atoms with Crippen molar-refractivity contribution >= 4 is 38.8 Å². The zero-order chi connectivity index (χ0) is 15.6. The molecule has 0 saturated heterocycles. The van der Waals surface area contributed by atoms with E-state index < -0.39 is 10.0 Å². The fourth-order valence-corrected chi connectivity index (χ4v) is 3.30. The van der Waals surface area contributed by atoms with Crippen molar-refractivity contribution in [2.24, 2.45) is 0 Å². The Morgan fingerprint density at radius 3 is 2.33 bits per heavy atom. The number of carbonyl (C=O) groups is 1. The Balaban J connectivity index is 2.33. The number of hydrogen-bond acceptors (Lipinski definition) is 4. The third kappa shape index (κ3) is 3.53. The lowest BCUT2D eigenvalue weighted by Gasteiger charge is -2.10. The molecule has 21 heavy (non-hydrogen) atoms. The maximum Gasteiger partial charge on any atom is 0.263 e. The first-order valence-corrected chi connectivity index (χ1v) is 7.84. The molecule has 7 heteroatoms. The Labute approximate surface area is 127 Å². The minimum absolute atomic E-state index is 0.0806. The summed E-state index contributed by atoms with van der Waals surface area (Å²) in [5.74, 6) is -0.0942. The third-order valence-electron chi connectivity index (χ3n) is 2.79. The van der Waals surface area contributed by atoms with E-state index in [1.54, 1.807) is 12.1 Å². The van der Waals surface area contributed by atoms with Crippen molar-refractivity contribution in [2.75, 3.05) is 10.5 Å². The number of rotatable bonds is 4. The first-order valence-electron chi connectivity index (χ1n) is 5.98. The molecule has 2 aromatic carbocycles. The van der Waals surface area contributed by atoms with Crippen LogP contribution in [0.3, 0.4) is 0 Å². The lowest BCUT2D eigenvalue weighted by molar-refractivity contribution is 0.101. The van der Waals surface area contributed by atoms with Crippen LogP contribution in [0, 0.1) is 0 Å². The van der Waals surface area contributed by atoms with Gasteiger partial charge in [0.15, 0.2) is 5.78 Å². The Kier molecular flexibility index (Phi) is 4.20. The number of Topliss-reactive ketones (excluding diaryl/α,β-unsaturated/α-hetero) is 1. The van der Waals surface area contributed by atoms with Gasteiger partial charge in [-0.05, 0) is 49.4 Å². The molecule has 110 valence electrons. The SMILES string of the molecule is CC(=O)c1ccc(NS(=O)(=O)c2cc(N)ccc2Cl)cc1. The van der Waals surface area contributed by atoms with Crippen LogP contribution in [0.1, 0.15) is 17.3 Å². The van der Waals surface area contributed by atoms with Crippen LogP contribution < -0.4 is 10.5 Å². The van der Waals surface area contributed by atoms with Crippen LogP contribution in [-0.4, -0.2) is 14.2 Å². The van der Waals surface area contributed by atoms with Crippen molar-refractivity contribution in [2.45, 2.75) is 11.8 Å². The molecule has 0 saturated carbocycles. The van der Waals surface area contributed by atoms with E-state index in [4.69, 9.17) is 17.3 Å². The first-order chi connectivity index (χ1) is 9.79. The minimum Gasteiger partial charge on any atom is -0.399 e. The van der Waals surface area contributed by atoms with Crippen molar-refractivity contribution in [3.63, 3.8) is 0 Å². The molecule has 0 unspecified atom stereocenters. The van der Waals surface area contributed by atoms with E-state index >= 15 is 0 Å². The summed E-state index contributed by atoms with van der Waals surface area (Å²) in [6, 6.07) is 10.3. The van der Waals surface area contributed by atoms with E-state index in [1.807, 2.05) is 0 Å². The zero-order valence-electron chi connectivity index (χ0n) is 11.1. The van der Waals surface area contributed by atoms with Crippen molar-refractivity contribution < 1.29 is 13.2 Å². The highest BCUT2D eigenvalue weighted by Crippen LogP contribution is 2.25. The molecule has 0 spiro atoms. The molecule has 0 radical (unpaired) electrons. The van der Waals surface area contributed by atoms with Gasteiger partial charge in [0.05, 0.1) is 5.02 Å². The van der Waals surface area contributed by atoms with Gasteiger partial charge in [-0.2, -0.15) is 0 Å². The summed E-state index contributed by atoms with van der Waals surface area (Å²) >= 11 is 5.89. The van der Waals surface area contributed by atoms with E-state index in [0.717, 1.165) is 0 Å². The quantitative estimate of drug-likeness (QED) is 0.668. The van der Waals surface area contributed by atoms with Gasteiger partial charge in [-0.25, -0.2) is 8.42 Å². The predicted molar refractivity (Wildman–Crippen MR) is 83.1 cm³/mol. The van der Waals surface area contributed by atoms with E-state index in [1.165, 1.54) is 37.3 Å². The van der Waals surface area contributed by atoms with Gasteiger partial charge in [0.25, 0.3) is 10.0 Å². The normalized spacial score (nSPS) is 11.1. The molecule has 0 aliphatic carbocycles. The van der Waals surface area contributed by atoms with Gasteiger partial charge in [0, 0.05) is 16.9 Å². The molecule has 2 rings (SSSR count). The van der Waals surface area contributed by atoms with Crippen molar-refractivity contribution in [3.05, 3.63) is 53.1 Å². The molecular weight excluding hydrogens is 312 g/mol. The number of benzene rings is 2. The number of sulfonamides is 1. The summed E-state index contributed by atoms with van der Waals surface area (Å²) in [5.41, 5.74) is 6.71. The maximum absolute atomic E-state index is 12.3. The standard InChI is InChI=1S/C14H13ClN2O3S/c1-9(18)10-2-5-12(6-3-10)17-21(19,20)14-8-11(16)4-7-13(14)15/h2-8,17H,16H2,1H3. The highest BCUT2D eigenvalue weighted by molar-refractivity contribution is 7.92. The van der Waals surface area contributed by atoms with Crippen molar-refractivity contribution in [1.29, 1.82) is 0 Å². The first kappa shape index (κ1) is 15.3. The van der Waals surface area contributed by atoms with Gasteiger partial charge in [0.1, 0.15) is 4.90 Å². The molecule has 0 aromatic heterocycles. The largest absolute Gasteiger partial charge is 0.399 e. The molecular formula is C14H13ClN2O3S. The smallest absolute Gasteiger partial charge is 0.263 e. The number of nitrogen functional groups attached to an aromatic ring is 1. The maximum atomic E-state index is 12.3. The summed E-state index contributed by atoms with van der Waals surface area (Å²) in [6.07, 6.45) is 0. The van der Waals surface area contributed by atoms with Crippen molar-refractivity contribution in [1.82, 2.24) is 0 Å². The number of carbonyl (C=O) groups excluding carboxylic acids is 1. The lowest BCUT2D eigenvalue weighted by atomic mass is 10.1. The Morgan fingerprint density at radius 1 is 1.14 bits per heavy atom. The Bertz CT molecular complexity index is 786. The summed E-state index contributed by atoms with van der Waals surface area (Å²) in [4.78, 5) is 11.1. The monoisotopic (exact) mass is 324 g/mol. The van der Waals surface area contributed by atoms with Gasteiger partial charge in [-0.1, -0.05) is 11.6 Å². The highest BCUT2D eigenvalue weighted by Gasteiger charge is 2.18. The van der Waals surface area contributed by atoms with E-state index in [0.29, 0.717) is 16.9 Å². The van der Waals surface area contributed by atoms with Crippen LogP contribution in [0.5, 0.6) is 0 Å². The average molecular weight is 325 g/mol. The minimum atomic E-state index is -3.85. The molecule has 0 aliphatic rings. The molecule has 0 amide bonds. The third-order valence-corrected chi connectivity index (χ3v) is 4.65. The van der Waals surface area contributed by atoms with E-state index in [-0.39, 0.29) is 15.7 Å². The number of halogens is 1. The number of ketones is 1. The van der Waals surface area contributed by atoms with Crippen molar-refractivity contribution in [3.8, 4) is 0 Å². The summed E-state index contributed by atoms with van der Waals surface area (Å²) in [5, 5.41) is 0.0806. The summed E-state index contributed by atoms with van der Waals surface area (Å²) < 4.78 is 26.9. The fourth-order valence-electron chi connectivity index (χ4n) is 1.71. The number of anilines is 2. The topological polar surface area (TPSA) is 89.3 Å². The van der Waals surface area contributed by atoms with Crippen LogP contribution in [0.4, 0.5) is 11.4 Å². The molecule has 2 aromatic rings. The number of nitrogens with two attached hydrogens (primary N) is 1. The van der Waals surface area contributed by atoms with Crippen LogP contribution in [0.2, 0.25) is 5.02 Å². The Hall–Kier alpha value is -2.05. The Morgan fingerprint density at radius 2 is 1.76 bits per heavy atom. The molecule has 5 nitrogen and oxygen atoms in total. The fraction of sp³-hybridized carbons (Fsp3) is 0.0714. The molecule has 3 N–H and O–H groups in total. The second-order valence-corrected chi connectivity index (χ2v) is 6.49. The molecule has 0 aliphatic heterocycles. The van der Waals surface area contributed by atoms with Gasteiger partial charge < -0.3 is 5.73 Å². The molecule has 0 fully saturated rings. The van der Waals surface area contributed by atoms with Crippen LogP contribution in [0.15, 0.2) is 47.4 Å². The summed E-state index contributed by atoms with van der Waals surface area (Å²) in [6.45, 7) is 1.44. The second-order valence-electron chi connectivity index (χ2n) is 4.43. The zero-order valence-corrected chi connectivity index (χ0v) is 12.7. The molecule has 0 heterocycles. The summed E-state index contributed by atoms with van der Waals surface area (Å²) in [7, 11) is -3.85. The van der Waals surface area contributed by atoms with Crippen LogP contribution in [0.25, 0.3) is 0 Å². The van der Waals surface area contributed by atoms with Crippen LogP contribution in [-0.2, 0) is 10.0 Å². The van der Waals surface area contributed by atoms with E-state index in [2.05, 4.69) is 4.72 Å². The van der Waals surface area contributed by atoms with E-state index in [9.17, 15) is 13.2 Å². The van der Waals surface area contributed by atoms with Gasteiger partial charge in [-0.15, -0.1) is 0 Å². The van der Waals surface area contributed by atoms with Gasteiger partial charge in [-0.3, -0.25) is 9.52 Å². The highest BCUT2D eigenvalue weighted by atomic mass is 35.5. The van der Waals surface area contributed by atoms with Crippen LogP contribution >= 0.6 is 11.6 Å². The lowest BCUT2D eigenvalue weighted by Crippen LogP contribution is -2.14. The second kappa shape index (κ2) is 5.75.